The molecule has 34 heavy (non-hydrogen) atoms. The number of nitrogens with zero attached hydrogens (tertiary/aromatic N) is 2. The summed E-state index contributed by atoms with van der Waals surface area (Å²) in [5, 5.41) is 0.981. The van der Waals surface area contributed by atoms with E-state index in [0.717, 1.165) is 26.9 Å². The number of aromatic nitrogens is 1. The van der Waals surface area contributed by atoms with Crippen molar-refractivity contribution in [1.82, 2.24) is 4.98 Å². The molecule has 0 saturated carbocycles. The monoisotopic (exact) mass is 468 g/mol. The zero-order chi connectivity index (χ0) is 23.6. The van der Waals surface area contributed by atoms with Gasteiger partial charge in [-0.15, -0.1) is 0 Å². The average Bonchev–Trinajstić information content (AvgIpc) is 3.38. The second-order valence-electron chi connectivity index (χ2n) is 8.45. The molecule has 0 radical (unpaired) electrons. The van der Waals surface area contributed by atoms with Gasteiger partial charge in [0, 0.05) is 0 Å². The highest BCUT2D eigenvalue weighted by atomic mass is 32.1. The van der Waals surface area contributed by atoms with Gasteiger partial charge in [0.25, 0.3) is 5.91 Å². The van der Waals surface area contributed by atoms with Gasteiger partial charge in [-0.05, 0) is 60.9 Å². The van der Waals surface area contributed by atoms with Crippen molar-refractivity contribution in [3.8, 4) is 5.75 Å². The van der Waals surface area contributed by atoms with Crippen LogP contribution in [-0.4, -0.2) is 18.0 Å². The SMILES string of the molecule is COc1ccc([C@H]2c3c(oc4ccccc4c3=O)C(=O)N2c2nc3c(C)cc(C)cc3s2)cc1. The van der Waals surface area contributed by atoms with Crippen molar-refractivity contribution in [1.29, 1.82) is 0 Å². The van der Waals surface area contributed by atoms with E-state index >= 15 is 0 Å². The number of aryl methyl sites for hydroxylation is 2. The summed E-state index contributed by atoms with van der Waals surface area (Å²) >= 11 is 1.44. The Morgan fingerprint density at radius 1 is 1.03 bits per heavy atom. The smallest absolute Gasteiger partial charge is 0.297 e. The van der Waals surface area contributed by atoms with Crippen LogP contribution in [0.1, 0.15) is 38.9 Å². The number of ether oxygens (including phenoxy) is 1. The minimum atomic E-state index is -0.656. The quantitative estimate of drug-likeness (QED) is 0.336. The lowest BCUT2D eigenvalue weighted by molar-refractivity contribution is 0.0971. The van der Waals surface area contributed by atoms with E-state index in [4.69, 9.17) is 14.1 Å². The highest BCUT2D eigenvalue weighted by molar-refractivity contribution is 7.22. The first-order chi connectivity index (χ1) is 16.5. The third kappa shape index (κ3) is 2.97. The van der Waals surface area contributed by atoms with Gasteiger partial charge >= 0.3 is 0 Å². The third-order valence-electron chi connectivity index (χ3n) is 6.23. The summed E-state index contributed by atoms with van der Waals surface area (Å²) < 4.78 is 12.3. The first-order valence-corrected chi connectivity index (χ1v) is 11.7. The molecule has 1 amide bonds. The Hall–Kier alpha value is -3.97. The average molecular weight is 469 g/mol. The molecule has 0 unspecified atom stereocenters. The maximum absolute atomic E-state index is 13.8. The summed E-state index contributed by atoms with van der Waals surface area (Å²) in [7, 11) is 1.60. The summed E-state index contributed by atoms with van der Waals surface area (Å²) in [4.78, 5) is 33.8. The largest absolute Gasteiger partial charge is 0.497 e. The molecule has 6 nitrogen and oxygen atoms in total. The van der Waals surface area contributed by atoms with Gasteiger partial charge in [-0.3, -0.25) is 14.5 Å². The lowest BCUT2D eigenvalue weighted by Crippen LogP contribution is -2.29. The molecule has 3 aromatic carbocycles. The predicted octanol–water partition coefficient (Wildman–Crippen LogP) is 5.78. The fourth-order valence-corrected chi connectivity index (χ4v) is 5.85. The predicted molar refractivity (Wildman–Crippen MR) is 133 cm³/mol. The number of fused-ring (bicyclic) bond motifs is 3. The lowest BCUT2D eigenvalue weighted by Gasteiger charge is -2.22. The zero-order valence-electron chi connectivity index (χ0n) is 18.8. The fraction of sp³-hybridized carbons (Fsp3) is 0.148. The normalized spacial score (nSPS) is 15.3. The molecule has 0 N–H and O–H groups in total. The number of amides is 1. The molecule has 6 rings (SSSR count). The topological polar surface area (TPSA) is 72.6 Å². The van der Waals surface area contributed by atoms with Crippen LogP contribution in [0, 0.1) is 13.8 Å². The second-order valence-corrected chi connectivity index (χ2v) is 9.46. The highest BCUT2D eigenvalue weighted by Crippen LogP contribution is 2.44. The van der Waals surface area contributed by atoms with Crippen molar-refractivity contribution in [3.05, 3.63) is 98.9 Å². The Morgan fingerprint density at radius 3 is 2.56 bits per heavy atom. The van der Waals surface area contributed by atoms with Crippen LogP contribution in [0.15, 0.2) is 69.9 Å². The third-order valence-corrected chi connectivity index (χ3v) is 7.24. The number of anilines is 1. The van der Waals surface area contributed by atoms with Gasteiger partial charge in [-0.25, -0.2) is 4.98 Å². The van der Waals surface area contributed by atoms with Crippen molar-refractivity contribution in [2.24, 2.45) is 0 Å². The molecular weight excluding hydrogens is 448 g/mol. The Labute approximate surface area is 199 Å². The molecule has 0 aliphatic carbocycles. The maximum Gasteiger partial charge on any atom is 0.297 e. The van der Waals surface area contributed by atoms with E-state index in [-0.39, 0.29) is 17.1 Å². The van der Waals surface area contributed by atoms with Crippen molar-refractivity contribution in [2.75, 3.05) is 12.0 Å². The van der Waals surface area contributed by atoms with Crippen LogP contribution >= 0.6 is 11.3 Å². The molecule has 168 valence electrons. The van der Waals surface area contributed by atoms with Crippen molar-refractivity contribution >= 4 is 43.6 Å². The summed E-state index contributed by atoms with van der Waals surface area (Å²) in [5.41, 5.74) is 4.33. The van der Waals surface area contributed by atoms with E-state index in [1.165, 1.54) is 11.3 Å². The Balaban J connectivity index is 1.63. The van der Waals surface area contributed by atoms with E-state index in [1.54, 1.807) is 36.3 Å². The first kappa shape index (κ1) is 20.6. The van der Waals surface area contributed by atoms with Gasteiger partial charge in [0.2, 0.25) is 5.76 Å². The number of hydrogen-bond donors (Lipinski definition) is 0. The van der Waals surface area contributed by atoms with Crippen molar-refractivity contribution in [2.45, 2.75) is 19.9 Å². The van der Waals surface area contributed by atoms with E-state index in [2.05, 4.69) is 12.1 Å². The molecule has 0 spiro atoms. The van der Waals surface area contributed by atoms with Crippen LogP contribution in [0.5, 0.6) is 5.75 Å². The standard InChI is InChI=1S/C27H20N2O4S/c1-14-12-15(2)22-20(13-14)34-27(28-22)29-23(16-8-10-17(32-3)11-9-16)21-24(30)18-6-4-5-7-19(18)33-25(21)26(29)31/h4-13,23H,1-3H3/t23-/m0/s1. The molecule has 0 saturated heterocycles. The number of carbonyl (C=O) groups excluding carboxylic acids is 1. The zero-order valence-corrected chi connectivity index (χ0v) is 19.6. The van der Waals surface area contributed by atoms with Gasteiger partial charge in [0.15, 0.2) is 10.6 Å². The van der Waals surface area contributed by atoms with E-state index < -0.39 is 6.04 Å². The molecule has 2 aromatic heterocycles. The minimum Gasteiger partial charge on any atom is -0.497 e. The van der Waals surface area contributed by atoms with Crippen LogP contribution in [0.25, 0.3) is 21.2 Å². The molecule has 0 bridgehead atoms. The number of methoxy groups -OCH3 is 1. The Kier molecular flexibility index (Phi) is 4.57. The number of hydrogen-bond acceptors (Lipinski definition) is 6. The van der Waals surface area contributed by atoms with E-state index in [9.17, 15) is 9.59 Å². The maximum atomic E-state index is 13.8. The highest BCUT2D eigenvalue weighted by Gasteiger charge is 2.45. The molecule has 3 heterocycles. The molecule has 1 aliphatic rings. The molecule has 5 aromatic rings. The number of benzene rings is 3. The molecule has 1 aliphatic heterocycles. The number of para-hydroxylation sites is 1. The van der Waals surface area contributed by atoms with Crippen LogP contribution in [0.4, 0.5) is 5.13 Å². The minimum absolute atomic E-state index is 0.0664. The molecule has 7 heteroatoms. The van der Waals surface area contributed by atoms with Crippen LogP contribution < -0.4 is 15.1 Å². The van der Waals surface area contributed by atoms with Crippen molar-refractivity contribution < 1.29 is 13.9 Å². The van der Waals surface area contributed by atoms with Crippen LogP contribution in [0.3, 0.4) is 0 Å². The molecular formula is C27H20N2O4S. The number of carbonyl (C=O) groups is 1. The summed E-state index contributed by atoms with van der Waals surface area (Å²) in [5.74, 6) is 0.389. The van der Waals surface area contributed by atoms with Gasteiger partial charge in [0.05, 0.1) is 34.3 Å². The summed E-state index contributed by atoms with van der Waals surface area (Å²) in [6, 6.07) is 17.9. The Morgan fingerprint density at radius 2 is 1.79 bits per heavy atom. The van der Waals surface area contributed by atoms with Crippen molar-refractivity contribution in [3.63, 3.8) is 0 Å². The lowest BCUT2D eigenvalue weighted by atomic mass is 9.98. The summed E-state index contributed by atoms with van der Waals surface area (Å²) in [6.45, 7) is 4.05. The Bertz CT molecular complexity index is 1670. The fourth-order valence-electron chi connectivity index (χ4n) is 4.68. The number of thiazole rings is 1. The van der Waals surface area contributed by atoms with Gasteiger partial charge in [-0.1, -0.05) is 41.7 Å². The van der Waals surface area contributed by atoms with Crippen LogP contribution in [-0.2, 0) is 0 Å². The second kappa shape index (κ2) is 7.53. The molecule has 1 atom stereocenters. The molecule has 0 fully saturated rings. The van der Waals surface area contributed by atoms with E-state index in [1.807, 2.05) is 38.1 Å². The summed E-state index contributed by atoms with van der Waals surface area (Å²) in [6.07, 6.45) is 0. The van der Waals surface area contributed by atoms with Gasteiger partial charge in [-0.2, -0.15) is 0 Å². The van der Waals surface area contributed by atoms with Crippen LogP contribution in [0.2, 0.25) is 0 Å². The van der Waals surface area contributed by atoms with Gasteiger partial charge < -0.3 is 9.15 Å². The number of rotatable bonds is 3. The first-order valence-electron chi connectivity index (χ1n) is 10.9. The van der Waals surface area contributed by atoms with Gasteiger partial charge in [0.1, 0.15) is 11.3 Å². The van der Waals surface area contributed by atoms with E-state index in [0.29, 0.717) is 27.4 Å².